The third-order valence-corrected chi connectivity index (χ3v) is 6.43. The number of rotatable bonds is 3. The quantitative estimate of drug-likeness (QED) is 0.681. The normalized spacial score (nSPS) is 27.9. The lowest BCUT2D eigenvalue weighted by molar-refractivity contribution is 0.147. The molecule has 1 aromatic heterocycles. The first-order chi connectivity index (χ1) is 9.22. The standard InChI is InChI=1S/C16H26BrClN2/c1-10-6-7-13(14(17)8-10)16(3,4)9-12-11(2)19-20(5)15(12)18/h10,13-14H,6-9H2,1-5H3. The molecule has 114 valence electrons. The zero-order chi connectivity index (χ0) is 15.1. The molecule has 1 aliphatic carbocycles. The van der Waals surface area contributed by atoms with Crippen LogP contribution in [0.3, 0.4) is 0 Å². The van der Waals surface area contributed by atoms with Crippen molar-refractivity contribution in [1.29, 1.82) is 0 Å². The molecular weight excluding hydrogens is 336 g/mol. The van der Waals surface area contributed by atoms with Crippen LogP contribution in [0.4, 0.5) is 0 Å². The smallest absolute Gasteiger partial charge is 0.130 e. The minimum atomic E-state index is 0.242. The molecule has 1 fully saturated rings. The Bertz CT molecular complexity index is 481. The van der Waals surface area contributed by atoms with Crippen LogP contribution >= 0.6 is 27.5 Å². The molecule has 0 amide bonds. The van der Waals surface area contributed by atoms with E-state index in [1.165, 1.54) is 24.8 Å². The Balaban J connectivity index is 2.18. The first-order valence-electron chi connectivity index (χ1n) is 7.54. The van der Waals surface area contributed by atoms with Gasteiger partial charge in [-0.3, -0.25) is 4.68 Å². The SMILES string of the molecule is Cc1nn(C)c(Cl)c1CC(C)(C)C1CCC(C)CC1Br. The van der Waals surface area contributed by atoms with Crippen molar-refractivity contribution in [2.24, 2.45) is 24.3 Å². The molecule has 1 aromatic rings. The van der Waals surface area contributed by atoms with E-state index in [0.29, 0.717) is 10.7 Å². The van der Waals surface area contributed by atoms with Crippen molar-refractivity contribution in [3.63, 3.8) is 0 Å². The molecule has 0 spiro atoms. The summed E-state index contributed by atoms with van der Waals surface area (Å²) in [6.07, 6.45) is 4.94. The highest BCUT2D eigenvalue weighted by Gasteiger charge is 2.38. The van der Waals surface area contributed by atoms with Gasteiger partial charge in [-0.05, 0) is 43.4 Å². The van der Waals surface area contributed by atoms with Crippen LogP contribution in [0, 0.1) is 24.2 Å². The third-order valence-electron chi connectivity index (χ3n) is 4.94. The Kier molecular flexibility index (Phi) is 4.91. The fraction of sp³-hybridized carbons (Fsp3) is 0.812. The molecule has 4 heteroatoms. The Hall–Kier alpha value is -0.0200. The van der Waals surface area contributed by atoms with Gasteiger partial charge >= 0.3 is 0 Å². The van der Waals surface area contributed by atoms with Crippen LogP contribution in [0.1, 0.15) is 51.3 Å². The zero-order valence-corrected chi connectivity index (χ0v) is 15.6. The highest BCUT2D eigenvalue weighted by atomic mass is 79.9. The van der Waals surface area contributed by atoms with E-state index in [9.17, 15) is 0 Å². The lowest BCUT2D eigenvalue weighted by Gasteiger charge is -2.42. The van der Waals surface area contributed by atoms with Crippen molar-refractivity contribution in [2.45, 2.75) is 58.2 Å². The molecule has 0 aliphatic heterocycles. The van der Waals surface area contributed by atoms with E-state index in [4.69, 9.17) is 11.6 Å². The zero-order valence-electron chi connectivity index (χ0n) is 13.2. The fourth-order valence-electron chi connectivity index (χ4n) is 3.65. The molecule has 0 saturated heterocycles. The number of alkyl halides is 1. The lowest BCUT2D eigenvalue weighted by atomic mass is 9.66. The van der Waals surface area contributed by atoms with Crippen molar-refractivity contribution < 1.29 is 0 Å². The summed E-state index contributed by atoms with van der Waals surface area (Å²) in [5.74, 6) is 1.55. The van der Waals surface area contributed by atoms with Crippen LogP contribution in [0.5, 0.6) is 0 Å². The van der Waals surface area contributed by atoms with Crippen LogP contribution < -0.4 is 0 Å². The Morgan fingerprint density at radius 3 is 2.55 bits per heavy atom. The highest BCUT2D eigenvalue weighted by molar-refractivity contribution is 9.09. The average molecular weight is 362 g/mol. The van der Waals surface area contributed by atoms with Crippen LogP contribution in [-0.4, -0.2) is 14.6 Å². The summed E-state index contributed by atoms with van der Waals surface area (Å²) in [5.41, 5.74) is 2.53. The van der Waals surface area contributed by atoms with Gasteiger partial charge in [0, 0.05) is 17.4 Å². The highest BCUT2D eigenvalue weighted by Crippen LogP contribution is 2.46. The van der Waals surface area contributed by atoms with Gasteiger partial charge in [0.15, 0.2) is 0 Å². The lowest BCUT2D eigenvalue weighted by Crippen LogP contribution is -2.37. The number of halogens is 2. The van der Waals surface area contributed by atoms with E-state index in [1.807, 2.05) is 7.05 Å². The summed E-state index contributed by atoms with van der Waals surface area (Å²) in [7, 11) is 1.92. The molecule has 0 N–H and O–H groups in total. The second kappa shape index (κ2) is 6.00. The first kappa shape index (κ1) is 16.4. The monoisotopic (exact) mass is 360 g/mol. The van der Waals surface area contributed by atoms with E-state index < -0.39 is 0 Å². The van der Waals surface area contributed by atoms with Gasteiger partial charge < -0.3 is 0 Å². The summed E-state index contributed by atoms with van der Waals surface area (Å²) in [4.78, 5) is 0.622. The molecular formula is C16H26BrClN2. The molecule has 0 bridgehead atoms. The maximum atomic E-state index is 6.41. The summed E-state index contributed by atoms with van der Waals surface area (Å²) >= 11 is 10.3. The van der Waals surface area contributed by atoms with Crippen LogP contribution in [-0.2, 0) is 13.5 Å². The second-order valence-electron chi connectivity index (χ2n) is 7.18. The maximum absolute atomic E-state index is 6.41. The van der Waals surface area contributed by atoms with Gasteiger partial charge in [-0.1, -0.05) is 54.7 Å². The van der Waals surface area contributed by atoms with Gasteiger partial charge in [-0.15, -0.1) is 0 Å². The van der Waals surface area contributed by atoms with Gasteiger partial charge in [-0.25, -0.2) is 0 Å². The van der Waals surface area contributed by atoms with Gasteiger partial charge in [0.2, 0.25) is 0 Å². The minimum absolute atomic E-state index is 0.242. The van der Waals surface area contributed by atoms with E-state index in [2.05, 4.69) is 48.7 Å². The Labute approximate surface area is 136 Å². The fourth-order valence-corrected chi connectivity index (χ4v) is 5.51. The van der Waals surface area contributed by atoms with Crippen LogP contribution in [0.2, 0.25) is 5.15 Å². The molecule has 2 nitrogen and oxygen atoms in total. The maximum Gasteiger partial charge on any atom is 0.130 e. The molecule has 3 unspecified atom stereocenters. The molecule has 20 heavy (non-hydrogen) atoms. The summed E-state index contributed by atoms with van der Waals surface area (Å²) in [6, 6.07) is 0. The molecule has 1 heterocycles. The van der Waals surface area contributed by atoms with Crippen molar-refractivity contribution >= 4 is 27.5 Å². The van der Waals surface area contributed by atoms with Crippen molar-refractivity contribution in [3.05, 3.63) is 16.4 Å². The number of hydrogen-bond donors (Lipinski definition) is 0. The topological polar surface area (TPSA) is 17.8 Å². The largest absolute Gasteiger partial charge is 0.257 e. The number of aryl methyl sites for hydroxylation is 2. The summed E-state index contributed by atoms with van der Waals surface area (Å²) < 4.78 is 1.79. The van der Waals surface area contributed by atoms with E-state index >= 15 is 0 Å². The van der Waals surface area contributed by atoms with Crippen LogP contribution in [0.15, 0.2) is 0 Å². The van der Waals surface area contributed by atoms with E-state index in [1.54, 1.807) is 4.68 Å². The molecule has 0 aromatic carbocycles. The van der Waals surface area contributed by atoms with Crippen LogP contribution in [0.25, 0.3) is 0 Å². The number of aromatic nitrogens is 2. The molecule has 2 rings (SSSR count). The van der Waals surface area contributed by atoms with Gasteiger partial charge in [0.1, 0.15) is 5.15 Å². The van der Waals surface area contributed by atoms with Crippen molar-refractivity contribution in [1.82, 2.24) is 9.78 Å². The minimum Gasteiger partial charge on any atom is -0.257 e. The first-order valence-corrected chi connectivity index (χ1v) is 8.83. The molecule has 1 aliphatic rings. The average Bonchev–Trinajstić information content (AvgIpc) is 2.55. The predicted molar refractivity (Wildman–Crippen MR) is 89.7 cm³/mol. The van der Waals surface area contributed by atoms with E-state index in [0.717, 1.165) is 23.2 Å². The summed E-state index contributed by atoms with van der Waals surface area (Å²) in [6.45, 7) is 9.18. The van der Waals surface area contributed by atoms with Gasteiger partial charge in [0.25, 0.3) is 0 Å². The number of nitrogens with zero attached hydrogens (tertiary/aromatic N) is 2. The third kappa shape index (κ3) is 3.24. The second-order valence-corrected chi connectivity index (χ2v) is 8.72. The molecule has 0 radical (unpaired) electrons. The Morgan fingerprint density at radius 2 is 2.05 bits per heavy atom. The summed E-state index contributed by atoms with van der Waals surface area (Å²) in [5, 5.41) is 5.24. The Morgan fingerprint density at radius 1 is 1.40 bits per heavy atom. The molecule has 3 atom stereocenters. The molecule has 1 saturated carbocycles. The van der Waals surface area contributed by atoms with Crippen molar-refractivity contribution in [3.8, 4) is 0 Å². The van der Waals surface area contributed by atoms with E-state index in [-0.39, 0.29) is 5.41 Å². The van der Waals surface area contributed by atoms with Gasteiger partial charge in [0.05, 0.1) is 5.69 Å². The number of hydrogen-bond acceptors (Lipinski definition) is 1. The van der Waals surface area contributed by atoms with Crippen molar-refractivity contribution in [2.75, 3.05) is 0 Å². The predicted octanol–water partition coefficient (Wildman–Crippen LogP) is 5.15. The van der Waals surface area contributed by atoms with Gasteiger partial charge in [-0.2, -0.15) is 5.10 Å².